The van der Waals surface area contributed by atoms with Crippen molar-refractivity contribution in [2.24, 2.45) is 0 Å². The molecule has 0 saturated heterocycles. The van der Waals surface area contributed by atoms with E-state index in [1.807, 2.05) is 68.4 Å². The zero-order chi connectivity index (χ0) is 22.2. The van der Waals surface area contributed by atoms with E-state index in [-0.39, 0.29) is 24.6 Å². The van der Waals surface area contributed by atoms with Crippen LogP contribution in [0.4, 0.5) is 16.2 Å². The minimum atomic E-state index is -0.245. The third-order valence-electron chi connectivity index (χ3n) is 4.59. The van der Waals surface area contributed by atoms with Crippen molar-refractivity contribution < 1.29 is 14.3 Å². The maximum Gasteiger partial charge on any atom is 0.321 e. The summed E-state index contributed by atoms with van der Waals surface area (Å²) in [6.45, 7) is 3.71. The molecule has 0 aliphatic carbocycles. The van der Waals surface area contributed by atoms with E-state index in [0.29, 0.717) is 11.4 Å². The first-order chi connectivity index (χ1) is 14.9. The summed E-state index contributed by atoms with van der Waals surface area (Å²) >= 11 is 0. The lowest BCUT2D eigenvalue weighted by Gasteiger charge is -2.20. The lowest BCUT2D eigenvalue weighted by atomic mass is 10.1. The summed E-state index contributed by atoms with van der Waals surface area (Å²) in [6.07, 6.45) is 0. The molecule has 0 bridgehead atoms. The van der Waals surface area contributed by atoms with E-state index < -0.39 is 0 Å². The fourth-order valence-corrected chi connectivity index (χ4v) is 2.95. The summed E-state index contributed by atoms with van der Waals surface area (Å²) in [4.78, 5) is 25.8. The van der Waals surface area contributed by atoms with Crippen LogP contribution < -0.4 is 20.3 Å². The SMILES string of the molecule is CC(C)NC(=O)N(C)c1ccc(OCC(=O)Nc2ccc(-c3ccccc3)cc2)cc1. The molecule has 0 atom stereocenters. The number of hydrogen-bond acceptors (Lipinski definition) is 3. The van der Waals surface area contributed by atoms with E-state index in [2.05, 4.69) is 10.6 Å². The summed E-state index contributed by atoms with van der Waals surface area (Å²) in [5.41, 5.74) is 3.65. The van der Waals surface area contributed by atoms with Gasteiger partial charge >= 0.3 is 6.03 Å². The maximum absolute atomic E-state index is 12.2. The molecular weight excluding hydrogens is 390 g/mol. The molecule has 2 N–H and O–H groups in total. The predicted molar refractivity (Wildman–Crippen MR) is 125 cm³/mol. The number of urea groups is 1. The molecule has 3 rings (SSSR count). The molecule has 6 nitrogen and oxygen atoms in total. The third-order valence-corrected chi connectivity index (χ3v) is 4.59. The number of nitrogens with zero attached hydrogens (tertiary/aromatic N) is 1. The van der Waals surface area contributed by atoms with Crippen LogP contribution in [-0.2, 0) is 4.79 Å². The Morgan fingerprint density at radius 3 is 2.10 bits per heavy atom. The zero-order valence-corrected chi connectivity index (χ0v) is 18.0. The van der Waals surface area contributed by atoms with Crippen LogP contribution in [0.5, 0.6) is 5.75 Å². The summed E-state index contributed by atoms with van der Waals surface area (Å²) in [7, 11) is 1.70. The Bertz CT molecular complexity index is 1000. The highest BCUT2D eigenvalue weighted by atomic mass is 16.5. The molecular formula is C25H27N3O3. The van der Waals surface area contributed by atoms with Crippen LogP contribution in [0.15, 0.2) is 78.9 Å². The predicted octanol–water partition coefficient (Wildman–Crippen LogP) is 4.93. The number of rotatable bonds is 7. The first-order valence-corrected chi connectivity index (χ1v) is 10.1. The Morgan fingerprint density at radius 2 is 1.48 bits per heavy atom. The normalized spacial score (nSPS) is 10.5. The van der Waals surface area contributed by atoms with Crippen molar-refractivity contribution in [1.29, 1.82) is 0 Å². The lowest BCUT2D eigenvalue weighted by Crippen LogP contribution is -2.40. The van der Waals surface area contributed by atoms with Gasteiger partial charge in [0.1, 0.15) is 5.75 Å². The molecule has 0 aromatic heterocycles. The van der Waals surface area contributed by atoms with Gasteiger partial charge in [0, 0.05) is 24.5 Å². The molecule has 0 heterocycles. The van der Waals surface area contributed by atoms with Crippen LogP contribution in [0.2, 0.25) is 0 Å². The minimum Gasteiger partial charge on any atom is -0.484 e. The maximum atomic E-state index is 12.2. The number of anilines is 2. The molecule has 3 aromatic rings. The van der Waals surface area contributed by atoms with Crippen molar-refractivity contribution in [1.82, 2.24) is 5.32 Å². The minimum absolute atomic E-state index is 0.0608. The average Bonchev–Trinajstić information content (AvgIpc) is 2.78. The fourth-order valence-electron chi connectivity index (χ4n) is 2.95. The molecule has 0 aliphatic heterocycles. The first kappa shape index (κ1) is 21.9. The molecule has 0 unspecified atom stereocenters. The zero-order valence-electron chi connectivity index (χ0n) is 18.0. The molecule has 0 saturated carbocycles. The van der Waals surface area contributed by atoms with Crippen molar-refractivity contribution in [3.8, 4) is 16.9 Å². The van der Waals surface area contributed by atoms with Crippen molar-refractivity contribution in [2.75, 3.05) is 23.9 Å². The average molecular weight is 418 g/mol. The largest absolute Gasteiger partial charge is 0.484 e. The quantitative estimate of drug-likeness (QED) is 0.573. The fraction of sp³-hybridized carbons (Fsp3) is 0.200. The van der Waals surface area contributed by atoms with Gasteiger partial charge in [0.2, 0.25) is 0 Å². The number of benzene rings is 3. The summed E-state index contributed by atoms with van der Waals surface area (Å²) < 4.78 is 5.56. The molecule has 0 spiro atoms. The monoisotopic (exact) mass is 417 g/mol. The standard InChI is InChI=1S/C25H27N3O3/c1-18(2)26-25(30)28(3)22-13-15-23(16-14-22)31-17-24(29)27-21-11-9-20(10-12-21)19-7-5-4-6-8-19/h4-16,18H,17H2,1-3H3,(H,26,30)(H,27,29). The van der Waals surface area contributed by atoms with Gasteiger partial charge in [0.15, 0.2) is 6.61 Å². The van der Waals surface area contributed by atoms with E-state index in [0.717, 1.165) is 16.8 Å². The number of ether oxygens (including phenoxy) is 1. The summed E-state index contributed by atoms with van der Waals surface area (Å²) in [5.74, 6) is 0.306. The van der Waals surface area contributed by atoms with Gasteiger partial charge < -0.3 is 15.4 Å². The molecule has 31 heavy (non-hydrogen) atoms. The van der Waals surface area contributed by atoms with Gasteiger partial charge in [-0.25, -0.2) is 4.79 Å². The van der Waals surface area contributed by atoms with E-state index in [9.17, 15) is 9.59 Å². The molecule has 0 aliphatic rings. The van der Waals surface area contributed by atoms with Crippen LogP contribution in [0, 0.1) is 0 Å². The molecule has 160 valence electrons. The van der Waals surface area contributed by atoms with Crippen LogP contribution >= 0.6 is 0 Å². The molecule has 0 radical (unpaired) electrons. The Labute approximate surface area is 182 Å². The Balaban J connectivity index is 1.50. The highest BCUT2D eigenvalue weighted by molar-refractivity contribution is 5.92. The van der Waals surface area contributed by atoms with Crippen LogP contribution in [-0.4, -0.2) is 31.6 Å². The van der Waals surface area contributed by atoms with Gasteiger partial charge in [-0.1, -0.05) is 42.5 Å². The second-order valence-corrected chi connectivity index (χ2v) is 7.44. The number of carbonyl (C=O) groups excluding carboxylic acids is 2. The number of carbonyl (C=O) groups is 2. The van der Waals surface area contributed by atoms with Gasteiger partial charge in [-0.3, -0.25) is 9.69 Å². The lowest BCUT2D eigenvalue weighted by molar-refractivity contribution is -0.118. The Kier molecular flexibility index (Phi) is 7.27. The number of amides is 3. The smallest absolute Gasteiger partial charge is 0.321 e. The number of hydrogen-bond donors (Lipinski definition) is 2. The van der Waals surface area contributed by atoms with Gasteiger partial charge in [-0.05, 0) is 61.4 Å². The van der Waals surface area contributed by atoms with Crippen molar-refractivity contribution in [3.63, 3.8) is 0 Å². The van der Waals surface area contributed by atoms with Gasteiger partial charge in [-0.15, -0.1) is 0 Å². The van der Waals surface area contributed by atoms with E-state index in [1.165, 1.54) is 4.90 Å². The molecule has 0 fully saturated rings. The molecule has 3 amide bonds. The van der Waals surface area contributed by atoms with E-state index in [4.69, 9.17) is 4.74 Å². The second kappa shape index (κ2) is 10.3. The first-order valence-electron chi connectivity index (χ1n) is 10.1. The molecule has 3 aromatic carbocycles. The Hall–Kier alpha value is -3.80. The van der Waals surface area contributed by atoms with Crippen LogP contribution in [0.1, 0.15) is 13.8 Å². The van der Waals surface area contributed by atoms with E-state index >= 15 is 0 Å². The van der Waals surface area contributed by atoms with Crippen LogP contribution in [0.3, 0.4) is 0 Å². The van der Waals surface area contributed by atoms with Crippen molar-refractivity contribution in [3.05, 3.63) is 78.9 Å². The van der Waals surface area contributed by atoms with Gasteiger partial charge in [0.25, 0.3) is 5.91 Å². The second-order valence-electron chi connectivity index (χ2n) is 7.44. The van der Waals surface area contributed by atoms with Crippen molar-refractivity contribution >= 4 is 23.3 Å². The molecule has 6 heteroatoms. The van der Waals surface area contributed by atoms with Crippen LogP contribution in [0.25, 0.3) is 11.1 Å². The summed E-state index contributed by atoms with van der Waals surface area (Å²) in [5, 5.41) is 5.66. The highest BCUT2D eigenvalue weighted by Crippen LogP contribution is 2.21. The number of nitrogens with one attached hydrogen (secondary N) is 2. The van der Waals surface area contributed by atoms with E-state index in [1.54, 1.807) is 31.3 Å². The summed E-state index contributed by atoms with van der Waals surface area (Å²) in [6, 6.07) is 24.6. The third kappa shape index (κ3) is 6.34. The topological polar surface area (TPSA) is 70.7 Å². The van der Waals surface area contributed by atoms with Gasteiger partial charge in [0.05, 0.1) is 0 Å². The Morgan fingerprint density at radius 1 is 0.871 bits per heavy atom. The van der Waals surface area contributed by atoms with Crippen molar-refractivity contribution in [2.45, 2.75) is 19.9 Å². The van der Waals surface area contributed by atoms with Gasteiger partial charge in [-0.2, -0.15) is 0 Å². The highest BCUT2D eigenvalue weighted by Gasteiger charge is 2.12.